The Morgan fingerprint density at radius 1 is 1.13 bits per heavy atom. The van der Waals surface area contributed by atoms with Crippen LogP contribution in [0.15, 0.2) is 30.3 Å². The minimum Gasteiger partial charge on any atom is -0.459 e. The molecule has 0 unspecified atom stereocenters. The van der Waals surface area contributed by atoms with Gasteiger partial charge < -0.3 is 15.8 Å². The lowest BCUT2D eigenvalue weighted by Gasteiger charge is -2.22. The third-order valence-electron chi connectivity index (χ3n) is 6.20. The summed E-state index contributed by atoms with van der Waals surface area (Å²) in [6.45, 7) is 6.24. The lowest BCUT2D eigenvalue weighted by atomic mass is 9.86. The molecule has 1 aromatic carbocycles. The maximum absolute atomic E-state index is 6.33. The average Bonchev–Trinajstić information content (AvgIpc) is 3.49. The van der Waals surface area contributed by atoms with E-state index in [2.05, 4.69) is 54.5 Å². The van der Waals surface area contributed by atoms with Crippen molar-refractivity contribution in [2.45, 2.75) is 57.5 Å². The molecular weight excluding hydrogens is 376 g/mol. The molecule has 2 aromatic heterocycles. The first kappa shape index (κ1) is 19.3. The molecular formula is C23H30N6O. The van der Waals surface area contributed by atoms with Crippen LogP contribution in [0.5, 0.6) is 6.01 Å². The third-order valence-corrected chi connectivity index (χ3v) is 6.20. The van der Waals surface area contributed by atoms with E-state index >= 15 is 0 Å². The van der Waals surface area contributed by atoms with Gasteiger partial charge in [0.1, 0.15) is 6.10 Å². The van der Waals surface area contributed by atoms with Crippen LogP contribution in [0.4, 0.5) is 5.95 Å². The number of benzene rings is 1. The van der Waals surface area contributed by atoms with Crippen LogP contribution in [0.2, 0.25) is 0 Å². The fourth-order valence-corrected chi connectivity index (χ4v) is 4.62. The van der Waals surface area contributed by atoms with E-state index in [0.717, 1.165) is 42.8 Å². The summed E-state index contributed by atoms with van der Waals surface area (Å²) in [6, 6.07) is 11.0. The second kappa shape index (κ2) is 7.87. The number of nitrogen functional groups attached to an aromatic ring is 1. The van der Waals surface area contributed by atoms with Gasteiger partial charge in [-0.05, 0) is 49.6 Å². The summed E-state index contributed by atoms with van der Waals surface area (Å²) in [4.78, 5) is 9.21. The van der Waals surface area contributed by atoms with Crippen LogP contribution in [-0.2, 0) is 0 Å². The number of nitrogens with zero attached hydrogens (tertiary/aromatic N) is 4. The molecule has 5 rings (SSSR count). The first-order chi connectivity index (χ1) is 14.6. The van der Waals surface area contributed by atoms with E-state index in [9.17, 15) is 0 Å². The third kappa shape index (κ3) is 3.62. The van der Waals surface area contributed by atoms with Gasteiger partial charge in [-0.2, -0.15) is 19.6 Å². The van der Waals surface area contributed by atoms with Crippen LogP contribution < -0.4 is 15.8 Å². The summed E-state index contributed by atoms with van der Waals surface area (Å²) >= 11 is 0. The lowest BCUT2D eigenvalue weighted by Crippen LogP contribution is -2.37. The summed E-state index contributed by atoms with van der Waals surface area (Å²) in [5, 5.41) is 8.32. The smallest absolute Gasteiger partial charge is 0.322 e. The normalized spacial score (nSPS) is 20.6. The minimum atomic E-state index is 0.0778. The molecule has 1 saturated heterocycles. The van der Waals surface area contributed by atoms with E-state index in [-0.39, 0.29) is 17.9 Å². The number of piperidine rings is 1. The highest BCUT2D eigenvalue weighted by Crippen LogP contribution is 2.48. The Morgan fingerprint density at radius 2 is 1.93 bits per heavy atom. The summed E-state index contributed by atoms with van der Waals surface area (Å²) < 4.78 is 7.79. The van der Waals surface area contributed by atoms with Crippen LogP contribution in [0.25, 0.3) is 5.65 Å². The minimum absolute atomic E-state index is 0.0778. The topological polar surface area (TPSA) is 90.4 Å². The first-order valence-corrected chi connectivity index (χ1v) is 11.1. The number of ether oxygens (including phenoxy) is 1. The molecule has 0 amide bonds. The van der Waals surface area contributed by atoms with Crippen LogP contribution in [0.1, 0.15) is 68.2 Å². The van der Waals surface area contributed by atoms with Gasteiger partial charge in [0.25, 0.3) is 0 Å². The fraction of sp³-hybridized carbons (Fsp3) is 0.522. The maximum Gasteiger partial charge on any atom is 0.322 e. The molecule has 7 heteroatoms. The largest absolute Gasteiger partial charge is 0.459 e. The zero-order valence-electron chi connectivity index (χ0n) is 17.7. The molecule has 2 aliphatic rings. The molecule has 7 nitrogen and oxygen atoms in total. The van der Waals surface area contributed by atoms with Crippen LogP contribution in [0, 0.1) is 5.92 Å². The Morgan fingerprint density at radius 3 is 2.60 bits per heavy atom. The quantitative estimate of drug-likeness (QED) is 0.651. The van der Waals surface area contributed by atoms with Crippen molar-refractivity contribution in [2.24, 2.45) is 5.92 Å². The van der Waals surface area contributed by atoms with E-state index < -0.39 is 0 Å². The Labute approximate surface area is 177 Å². The Balaban J connectivity index is 1.60. The molecule has 30 heavy (non-hydrogen) atoms. The van der Waals surface area contributed by atoms with E-state index in [4.69, 9.17) is 20.6 Å². The van der Waals surface area contributed by atoms with Crippen molar-refractivity contribution in [2.75, 3.05) is 18.8 Å². The van der Waals surface area contributed by atoms with Crippen molar-refractivity contribution >= 4 is 11.6 Å². The first-order valence-electron chi connectivity index (χ1n) is 11.1. The van der Waals surface area contributed by atoms with Gasteiger partial charge in [-0.1, -0.05) is 44.2 Å². The number of hydrogen-bond acceptors (Lipinski definition) is 6. The zero-order chi connectivity index (χ0) is 20.7. The van der Waals surface area contributed by atoms with Gasteiger partial charge in [0.2, 0.25) is 5.95 Å². The molecule has 2 atom stereocenters. The molecule has 3 heterocycles. The van der Waals surface area contributed by atoms with Gasteiger partial charge in [0.15, 0.2) is 5.65 Å². The number of fused-ring (bicyclic) bond motifs is 1. The molecule has 1 aliphatic carbocycles. The summed E-state index contributed by atoms with van der Waals surface area (Å²) in [7, 11) is 0. The summed E-state index contributed by atoms with van der Waals surface area (Å²) in [6.07, 6.45) is 4.64. The van der Waals surface area contributed by atoms with Crippen molar-refractivity contribution in [3.8, 4) is 6.01 Å². The standard InChI is InChI=1S/C23H30N6O/c1-14(2)18-20(19(16-10-11-16)15-7-4-3-5-8-15)28-29-21(18)26-23(27-22(29)24)30-17-9-6-12-25-13-17/h3-5,7-8,14,16-17,19,25H,6,9-13H2,1-2H3,(H2,24,26,27)/t17-,19-/m1/s1. The van der Waals surface area contributed by atoms with Gasteiger partial charge in [0, 0.05) is 18.0 Å². The van der Waals surface area contributed by atoms with Gasteiger partial charge in [-0.3, -0.25) is 0 Å². The molecule has 0 spiro atoms. The summed E-state index contributed by atoms with van der Waals surface area (Å²) in [5.74, 6) is 1.47. The van der Waals surface area contributed by atoms with Gasteiger partial charge in [0.05, 0.1) is 5.69 Å². The predicted octanol–water partition coefficient (Wildman–Crippen LogP) is 3.50. The number of nitrogens with two attached hydrogens (primary N) is 1. The van der Waals surface area contributed by atoms with Crippen LogP contribution >= 0.6 is 0 Å². The molecule has 0 bridgehead atoms. The molecule has 3 N–H and O–H groups in total. The predicted molar refractivity (Wildman–Crippen MR) is 117 cm³/mol. The summed E-state index contributed by atoms with van der Waals surface area (Å²) in [5.41, 5.74) is 10.6. The molecule has 158 valence electrons. The van der Waals surface area contributed by atoms with E-state index in [1.165, 1.54) is 18.4 Å². The monoisotopic (exact) mass is 406 g/mol. The van der Waals surface area contributed by atoms with Crippen molar-refractivity contribution in [1.29, 1.82) is 0 Å². The highest BCUT2D eigenvalue weighted by Gasteiger charge is 2.38. The average molecular weight is 407 g/mol. The Hall–Kier alpha value is -2.67. The number of anilines is 1. The van der Waals surface area contributed by atoms with Crippen LogP contribution in [-0.4, -0.2) is 38.8 Å². The van der Waals surface area contributed by atoms with Crippen molar-refractivity contribution < 1.29 is 4.74 Å². The molecule has 2 fully saturated rings. The maximum atomic E-state index is 6.33. The SMILES string of the molecule is CC(C)c1c([C@H](c2ccccc2)C2CC2)nn2c(N)nc(O[C@@H]3CCCNC3)nc12. The molecule has 3 aromatic rings. The van der Waals surface area contributed by atoms with Crippen molar-refractivity contribution in [3.63, 3.8) is 0 Å². The molecule has 0 radical (unpaired) electrons. The number of aromatic nitrogens is 4. The lowest BCUT2D eigenvalue weighted by molar-refractivity contribution is 0.153. The fourth-order valence-electron chi connectivity index (χ4n) is 4.62. The van der Waals surface area contributed by atoms with Crippen molar-refractivity contribution in [3.05, 3.63) is 47.2 Å². The van der Waals surface area contributed by atoms with E-state index in [1.54, 1.807) is 4.52 Å². The van der Waals surface area contributed by atoms with Crippen LogP contribution in [0.3, 0.4) is 0 Å². The number of hydrogen-bond donors (Lipinski definition) is 2. The second-order valence-corrected chi connectivity index (χ2v) is 8.87. The highest BCUT2D eigenvalue weighted by atomic mass is 16.5. The highest BCUT2D eigenvalue weighted by molar-refractivity contribution is 5.57. The molecule has 1 saturated carbocycles. The zero-order valence-corrected chi connectivity index (χ0v) is 17.7. The molecule has 1 aliphatic heterocycles. The van der Waals surface area contributed by atoms with Gasteiger partial charge in [-0.15, -0.1) is 0 Å². The van der Waals surface area contributed by atoms with Crippen molar-refractivity contribution in [1.82, 2.24) is 24.9 Å². The van der Waals surface area contributed by atoms with E-state index in [1.807, 2.05) is 0 Å². The van der Waals surface area contributed by atoms with E-state index in [0.29, 0.717) is 17.9 Å². The Bertz CT molecular complexity index is 1020. The number of rotatable bonds is 6. The Kier molecular flexibility index (Phi) is 5.06. The van der Waals surface area contributed by atoms with Gasteiger partial charge in [-0.25, -0.2) is 0 Å². The van der Waals surface area contributed by atoms with Gasteiger partial charge >= 0.3 is 6.01 Å². The number of nitrogens with one attached hydrogen (secondary N) is 1. The second-order valence-electron chi connectivity index (χ2n) is 8.87.